The first-order valence-electron chi connectivity index (χ1n) is 14.6. The van der Waals surface area contributed by atoms with Gasteiger partial charge in [-0.2, -0.15) is 0 Å². The average Bonchev–Trinajstić information content (AvgIpc) is 3.62. The van der Waals surface area contributed by atoms with Gasteiger partial charge in [0.25, 0.3) is 0 Å². The molecular formula is C34H32Cl2N4O6S2. The molecule has 0 radical (unpaired) electrons. The van der Waals surface area contributed by atoms with E-state index in [0.29, 0.717) is 21.2 Å². The molecular weight excluding hydrogens is 695 g/mol. The van der Waals surface area contributed by atoms with E-state index >= 15 is 0 Å². The van der Waals surface area contributed by atoms with E-state index in [0.717, 1.165) is 22.7 Å². The molecule has 4 aromatic rings. The fourth-order valence-electron chi connectivity index (χ4n) is 4.45. The minimum atomic E-state index is -0.920. The zero-order chi connectivity index (χ0) is 35.1. The molecule has 0 fully saturated rings. The molecule has 2 aromatic heterocycles. The van der Waals surface area contributed by atoms with Crippen LogP contribution in [0, 0.1) is 0 Å². The van der Waals surface area contributed by atoms with Gasteiger partial charge in [0.2, 0.25) is 11.6 Å². The number of carbonyl (C=O) groups excluding carboxylic acids is 4. The van der Waals surface area contributed by atoms with Crippen LogP contribution < -0.4 is 0 Å². The summed E-state index contributed by atoms with van der Waals surface area (Å²) >= 11 is 14.1. The second kappa shape index (κ2) is 16.2. The van der Waals surface area contributed by atoms with Gasteiger partial charge in [0.05, 0.1) is 35.6 Å². The number of thiophene rings is 2. The SMILES string of the molecule is CCOC(=O)c1c(N=CN(C)C)sc(C(=O)C(=O)c2sc(N=CN(C)C)c(C(=O)OCC)c2-c2ccc(Cl)cc2)c1-c1ccc(Cl)cc1. The zero-order valence-corrected chi connectivity index (χ0v) is 30.1. The number of rotatable bonds is 13. The lowest BCUT2D eigenvalue weighted by Gasteiger charge is -2.09. The first kappa shape index (κ1) is 36.5. The van der Waals surface area contributed by atoms with Crippen molar-refractivity contribution in [3.8, 4) is 22.3 Å². The highest BCUT2D eigenvalue weighted by molar-refractivity contribution is 7.22. The predicted octanol–water partition coefficient (Wildman–Crippen LogP) is 8.31. The highest BCUT2D eigenvalue weighted by atomic mass is 35.5. The first-order chi connectivity index (χ1) is 22.9. The molecule has 0 aliphatic heterocycles. The molecule has 0 spiro atoms. The summed E-state index contributed by atoms with van der Waals surface area (Å²) in [6.07, 6.45) is 2.96. The summed E-state index contributed by atoms with van der Waals surface area (Å²) in [5.74, 6) is -3.26. The van der Waals surface area contributed by atoms with Crippen molar-refractivity contribution in [3.63, 3.8) is 0 Å². The summed E-state index contributed by atoms with van der Waals surface area (Å²) in [7, 11) is 7.01. The summed E-state index contributed by atoms with van der Waals surface area (Å²) in [6, 6.07) is 13.0. The van der Waals surface area contributed by atoms with E-state index in [1.54, 1.807) is 100 Å². The van der Waals surface area contributed by atoms with Gasteiger partial charge in [-0.1, -0.05) is 47.5 Å². The van der Waals surface area contributed by atoms with Crippen LogP contribution in [0.3, 0.4) is 0 Å². The largest absolute Gasteiger partial charge is 0.462 e. The molecule has 0 N–H and O–H groups in total. The molecule has 48 heavy (non-hydrogen) atoms. The maximum Gasteiger partial charge on any atom is 0.341 e. The molecule has 2 aromatic carbocycles. The summed E-state index contributed by atoms with van der Waals surface area (Å²) in [6.45, 7) is 3.47. The highest BCUT2D eigenvalue weighted by Crippen LogP contribution is 2.46. The molecule has 0 bridgehead atoms. The third-order valence-electron chi connectivity index (χ3n) is 6.43. The standard InChI is InChI=1S/C34H32Cl2N4O6S2/c1-7-45-33(43)25-23(19-9-13-21(35)14-10-19)29(47-31(25)37-17-39(3)4)27(41)28(42)30-24(20-11-15-22(36)16-12-20)26(34(44)46-8-2)32(48-30)38-18-40(5)6/h9-18H,7-8H2,1-6H3. The number of Topliss-reactive ketones (excluding diaryl/α,β-unsaturated/α-hetero) is 2. The smallest absolute Gasteiger partial charge is 0.341 e. The van der Waals surface area contributed by atoms with Crippen molar-refractivity contribution in [1.29, 1.82) is 0 Å². The molecule has 0 aliphatic carbocycles. The molecule has 0 atom stereocenters. The molecule has 0 saturated heterocycles. The Morgan fingerprint density at radius 3 is 1.27 bits per heavy atom. The van der Waals surface area contributed by atoms with Gasteiger partial charge in [-0.25, -0.2) is 19.6 Å². The van der Waals surface area contributed by atoms with E-state index in [1.807, 2.05) is 0 Å². The maximum atomic E-state index is 14.5. The molecule has 10 nitrogen and oxygen atoms in total. The lowest BCUT2D eigenvalue weighted by Crippen LogP contribution is -2.15. The van der Waals surface area contributed by atoms with Crippen molar-refractivity contribution >= 4 is 92.1 Å². The molecule has 4 rings (SSSR count). The Balaban J connectivity index is 2.03. The van der Waals surface area contributed by atoms with E-state index in [4.69, 9.17) is 32.7 Å². The third kappa shape index (κ3) is 8.19. The van der Waals surface area contributed by atoms with Crippen molar-refractivity contribution in [1.82, 2.24) is 9.80 Å². The zero-order valence-electron chi connectivity index (χ0n) is 27.0. The van der Waals surface area contributed by atoms with Crippen LogP contribution in [-0.4, -0.2) is 87.4 Å². The van der Waals surface area contributed by atoms with Crippen LogP contribution in [0.15, 0.2) is 58.5 Å². The number of hydrogen-bond acceptors (Lipinski definition) is 10. The van der Waals surface area contributed by atoms with E-state index in [-0.39, 0.29) is 55.2 Å². The predicted molar refractivity (Wildman–Crippen MR) is 194 cm³/mol. The molecule has 14 heteroatoms. The maximum absolute atomic E-state index is 14.5. The monoisotopic (exact) mass is 726 g/mol. The van der Waals surface area contributed by atoms with Crippen molar-refractivity contribution in [2.45, 2.75) is 13.8 Å². The number of carbonyl (C=O) groups is 4. The van der Waals surface area contributed by atoms with Gasteiger partial charge in [0.15, 0.2) is 0 Å². The molecule has 0 aliphatic rings. The van der Waals surface area contributed by atoms with Gasteiger partial charge in [-0.15, -0.1) is 22.7 Å². The number of benzene rings is 2. The van der Waals surface area contributed by atoms with Crippen LogP contribution in [0.25, 0.3) is 22.3 Å². The minimum absolute atomic E-state index is 0.0333. The van der Waals surface area contributed by atoms with E-state index in [1.165, 1.54) is 12.7 Å². The van der Waals surface area contributed by atoms with Gasteiger partial charge in [-0.05, 0) is 49.2 Å². The lowest BCUT2D eigenvalue weighted by molar-refractivity contribution is 0.0519. The highest BCUT2D eigenvalue weighted by Gasteiger charge is 2.36. The summed E-state index contributed by atoms with van der Waals surface area (Å²) in [5.41, 5.74) is 1.33. The van der Waals surface area contributed by atoms with Gasteiger partial charge in [-0.3, -0.25) is 9.59 Å². The number of esters is 2. The lowest BCUT2D eigenvalue weighted by atomic mass is 9.95. The van der Waals surface area contributed by atoms with Gasteiger partial charge in [0.1, 0.15) is 21.1 Å². The van der Waals surface area contributed by atoms with E-state index in [2.05, 4.69) is 9.98 Å². The Hall–Kier alpha value is -4.36. The minimum Gasteiger partial charge on any atom is -0.462 e. The molecule has 0 unspecified atom stereocenters. The van der Waals surface area contributed by atoms with Gasteiger partial charge >= 0.3 is 11.9 Å². The van der Waals surface area contributed by atoms with Crippen LogP contribution in [0.1, 0.15) is 53.9 Å². The van der Waals surface area contributed by atoms with Crippen LogP contribution in [-0.2, 0) is 9.47 Å². The number of ether oxygens (including phenoxy) is 2. The van der Waals surface area contributed by atoms with Crippen LogP contribution >= 0.6 is 45.9 Å². The Morgan fingerprint density at radius 1 is 0.646 bits per heavy atom. The average molecular weight is 728 g/mol. The van der Waals surface area contributed by atoms with Gasteiger partial charge in [0, 0.05) is 49.4 Å². The second-order valence-corrected chi connectivity index (χ2v) is 13.4. The molecule has 0 amide bonds. The van der Waals surface area contributed by atoms with Crippen molar-refractivity contribution in [2.75, 3.05) is 41.4 Å². The molecule has 2 heterocycles. The summed E-state index contributed by atoms with van der Waals surface area (Å²) < 4.78 is 10.8. The Morgan fingerprint density at radius 2 is 0.979 bits per heavy atom. The number of ketones is 2. The van der Waals surface area contributed by atoms with Crippen LogP contribution in [0.5, 0.6) is 0 Å². The number of nitrogens with zero attached hydrogens (tertiary/aromatic N) is 4. The fraction of sp³-hybridized carbons (Fsp3) is 0.235. The van der Waals surface area contributed by atoms with Crippen molar-refractivity contribution in [2.24, 2.45) is 9.98 Å². The molecule has 250 valence electrons. The van der Waals surface area contributed by atoms with Gasteiger partial charge < -0.3 is 19.3 Å². The number of aliphatic imine (C=N–C) groups is 2. The van der Waals surface area contributed by atoms with Crippen molar-refractivity contribution in [3.05, 3.63) is 79.5 Å². The Bertz CT molecular complexity index is 1760. The number of halogens is 2. The van der Waals surface area contributed by atoms with E-state index in [9.17, 15) is 19.2 Å². The normalized spacial score (nSPS) is 11.2. The fourth-order valence-corrected chi connectivity index (χ4v) is 6.88. The molecule has 0 saturated carbocycles. The summed E-state index contributed by atoms with van der Waals surface area (Å²) in [5, 5.41) is 1.22. The van der Waals surface area contributed by atoms with E-state index < -0.39 is 23.5 Å². The third-order valence-corrected chi connectivity index (χ3v) is 9.13. The second-order valence-electron chi connectivity index (χ2n) is 10.5. The summed E-state index contributed by atoms with van der Waals surface area (Å²) in [4.78, 5) is 67.9. The Kier molecular flexibility index (Phi) is 12.3. The Labute approximate surface area is 296 Å². The van der Waals surface area contributed by atoms with Crippen LogP contribution in [0.2, 0.25) is 10.0 Å². The van der Waals surface area contributed by atoms with Crippen molar-refractivity contribution < 1.29 is 28.7 Å². The van der Waals surface area contributed by atoms with Crippen LogP contribution in [0.4, 0.5) is 10.0 Å². The quantitative estimate of drug-likeness (QED) is 0.0444. The topological polar surface area (TPSA) is 118 Å². The number of hydrogen-bond donors (Lipinski definition) is 0. The first-order valence-corrected chi connectivity index (χ1v) is 17.0.